The zero-order valence-electron chi connectivity index (χ0n) is 16.8. The van der Waals surface area contributed by atoms with Gasteiger partial charge in [-0.15, -0.1) is 0 Å². The lowest BCUT2D eigenvalue weighted by Crippen LogP contribution is -2.48. The Kier molecular flexibility index (Phi) is 4.59. The van der Waals surface area contributed by atoms with Gasteiger partial charge in [-0.2, -0.15) is 0 Å². The first-order valence-corrected chi connectivity index (χ1v) is 10.1. The van der Waals surface area contributed by atoms with E-state index >= 15 is 0 Å². The third kappa shape index (κ3) is 3.37. The Morgan fingerprint density at radius 2 is 1.77 bits per heavy atom. The molecule has 0 atom stereocenters. The summed E-state index contributed by atoms with van der Waals surface area (Å²) < 4.78 is 1.74. The number of H-pyrrole nitrogens is 2. The summed E-state index contributed by atoms with van der Waals surface area (Å²) in [7, 11) is 0. The second-order valence-corrected chi connectivity index (χ2v) is 7.66. The molecule has 5 heterocycles. The summed E-state index contributed by atoms with van der Waals surface area (Å²) >= 11 is 0. The predicted octanol–water partition coefficient (Wildman–Crippen LogP) is 1.43. The fourth-order valence-electron chi connectivity index (χ4n) is 4.04. The van der Waals surface area contributed by atoms with E-state index in [-0.39, 0.29) is 11.6 Å². The molecule has 1 saturated heterocycles. The van der Waals surface area contributed by atoms with Crippen molar-refractivity contribution in [3.8, 4) is 11.1 Å². The maximum Gasteiger partial charge on any atom is 0.327 e. The number of aromatic amines is 2. The summed E-state index contributed by atoms with van der Waals surface area (Å²) in [6.45, 7) is 6.04. The first-order valence-electron chi connectivity index (χ1n) is 10.1. The van der Waals surface area contributed by atoms with Crippen LogP contribution in [0.15, 0.2) is 41.6 Å². The Hall–Kier alpha value is -3.46. The molecule has 1 aliphatic rings. The molecule has 0 aliphatic carbocycles. The SMILES string of the molecule is CC(=O)N1CCN(CCn2c(=O)[nH]c3ncc(-c4cnc5[nH]ccc5c4)cc32)CC1. The number of nitrogens with zero attached hydrogens (tertiary/aromatic N) is 5. The van der Waals surface area contributed by atoms with Gasteiger partial charge in [0.2, 0.25) is 5.91 Å². The third-order valence-electron chi connectivity index (χ3n) is 5.82. The number of hydrogen-bond acceptors (Lipinski definition) is 5. The average Bonchev–Trinajstić information content (AvgIpc) is 3.35. The van der Waals surface area contributed by atoms with Crippen LogP contribution < -0.4 is 5.69 Å². The molecule has 0 aromatic carbocycles. The molecule has 1 aliphatic heterocycles. The predicted molar refractivity (Wildman–Crippen MR) is 114 cm³/mol. The van der Waals surface area contributed by atoms with Crippen LogP contribution in [-0.4, -0.2) is 72.9 Å². The zero-order valence-corrected chi connectivity index (χ0v) is 16.8. The average molecular weight is 405 g/mol. The number of pyridine rings is 2. The van der Waals surface area contributed by atoms with Crippen molar-refractivity contribution in [1.82, 2.24) is 34.3 Å². The topological polar surface area (TPSA) is 103 Å². The molecule has 0 saturated carbocycles. The van der Waals surface area contributed by atoms with E-state index < -0.39 is 0 Å². The number of amides is 1. The molecule has 30 heavy (non-hydrogen) atoms. The van der Waals surface area contributed by atoms with Crippen molar-refractivity contribution in [2.75, 3.05) is 32.7 Å². The van der Waals surface area contributed by atoms with E-state index in [1.807, 2.05) is 29.4 Å². The minimum Gasteiger partial charge on any atom is -0.346 e. The number of carbonyl (C=O) groups is 1. The second kappa shape index (κ2) is 7.42. The molecule has 0 radical (unpaired) electrons. The highest BCUT2D eigenvalue weighted by Crippen LogP contribution is 2.24. The molecule has 2 N–H and O–H groups in total. The minimum atomic E-state index is -0.156. The Bertz CT molecular complexity index is 1280. The Morgan fingerprint density at radius 3 is 2.53 bits per heavy atom. The van der Waals surface area contributed by atoms with Crippen molar-refractivity contribution in [3.63, 3.8) is 0 Å². The lowest BCUT2D eigenvalue weighted by Gasteiger charge is -2.34. The van der Waals surface area contributed by atoms with Crippen LogP contribution in [0.3, 0.4) is 0 Å². The van der Waals surface area contributed by atoms with Crippen molar-refractivity contribution < 1.29 is 4.79 Å². The highest BCUT2D eigenvalue weighted by molar-refractivity contribution is 5.84. The van der Waals surface area contributed by atoms with Crippen LogP contribution in [0.25, 0.3) is 33.3 Å². The lowest BCUT2D eigenvalue weighted by molar-refractivity contribution is -0.130. The summed E-state index contributed by atoms with van der Waals surface area (Å²) in [4.78, 5) is 43.0. The Labute approximate surface area is 172 Å². The third-order valence-corrected chi connectivity index (χ3v) is 5.82. The summed E-state index contributed by atoms with van der Waals surface area (Å²) in [5, 5.41) is 1.03. The molecule has 154 valence electrons. The molecule has 0 spiro atoms. The number of nitrogens with one attached hydrogen (secondary N) is 2. The smallest absolute Gasteiger partial charge is 0.327 e. The van der Waals surface area contributed by atoms with Crippen molar-refractivity contribution in [2.45, 2.75) is 13.5 Å². The minimum absolute atomic E-state index is 0.119. The van der Waals surface area contributed by atoms with Gasteiger partial charge >= 0.3 is 5.69 Å². The van der Waals surface area contributed by atoms with Gasteiger partial charge in [-0.05, 0) is 18.2 Å². The van der Waals surface area contributed by atoms with Gasteiger partial charge < -0.3 is 9.88 Å². The highest BCUT2D eigenvalue weighted by atomic mass is 16.2. The van der Waals surface area contributed by atoms with Crippen molar-refractivity contribution >= 4 is 28.1 Å². The molecular weight excluding hydrogens is 382 g/mol. The fraction of sp³-hybridized carbons (Fsp3) is 0.333. The van der Waals surface area contributed by atoms with Gasteiger partial charge in [-0.25, -0.2) is 14.8 Å². The van der Waals surface area contributed by atoms with Gasteiger partial charge in [0.05, 0.1) is 5.52 Å². The summed E-state index contributed by atoms with van der Waals surface area (Å²) in [5.74, 6) is 0.119. The maximum atomic E-state index is 12.5. The van der Waals surface area contributed by atoms with Gasteiger partial charge in [0.25, 0.3) is 0 Å². The fourth-order valence-corrected chi connectivity index (χ4v) is 4.04. The van der Waals surface area contributed by atoms with E-state index in [0.717, 1.165) is 60.4 Å². The normalized spacial score (nSPS) is 15.3. The van der Waals surface area contributed by atoms with Crippen molar-refractivity contribution in [2.24, 2.45) is 0 Å². The van der Waals surface area contributed by atoms with Crippen LogP contribution in [-0.2, 0) is 11.3 Å². The van der Waals surface area contributed by atoms with E-state index in [4.69, 9.17) is 0 Å². The Morgan fingerprint density at radius 1 is 1.03 bits per heavy atom. The zero-order chi connectivity index (χ0) is 20.7. The maximum absolute atomic E-state index is 12.5. The van der Waals surface area contributed by atoms with Crippen LogP contribution in [0.5, 0.6) is 0 Å². The van der Waals surface area contributed by atoms with Crippen molar-refractivity contribution in [3.05, 3.63) is 47.3 Å². The summed E-state index contributed by atoms with van der Waals surface area (Å²) in [5.41, 5.74) is 3.93. The van der Waals surface area contributed by atoms with Gasteiger partial charge in [-0.3, -0.25) is 19.2 Å². The van der Waals surface area contributed by atoms with Crippen LogP contribution in [0.4, 0.5) is 0 Å². The van der Waals surface area contributed by atoms with Crippen LogP contribution >= 0.6 is 0 Å². The molecule has 9 heteroatoms. The number of carbonyl (C=O) groups excluding carboxylic acids is 1. The van der Waals surface area contributed by atoms with E-state index in [2.05, 4.69) is 30.9 Å². The number of rotatable bonds is 4. The standard InChI is InChI=1S/C21H23N7O2/c1-14(29)27-7-4-26(5-8-27)6-9-28-18-11-17(13-24-20(18)25-21(28)30)16-10-15-2-3-22-19(15)23-12-16/h2-3,10-13H,4-9H2,1H3,(H,22,23)(H,24,25,30). The first kappa shape index (κ1) is 18.6. The molecule has 5 rings (SSSR count). The number of hydrogen-bond donors (Lipinski definition) is 2. The quantitative estimate of drug-likeness (QED) is 0.535. The van der Waals surface area contributed by atoms with E-state index in [1.54, 1.807) is 17.7 Å². The molecule has 0 unspecified atom stereocenters. The molecule has 4 aromatic heterocycles. The summed E-state index contributed by atoms with van der Waals surface area (Å²) in [6.07, 6.45) is 5.44. The number of imidazole rings is 1. The van der Waals surface area contributed by atoms with E-state index in [0.29, 0.717) is 12.2 Å². The van der Waals surface area contributed by atoms with Gasteiger partial charge in [0.1, 0.15) is 5.65 Å². The van der Waals surface area contributed by atoms with Crippen LogP contribution in [0.2, 0.25) is 0 Å². The molecular formula is C21H23N7O2. The molecule has 0 bridgehead atoms. The number of piperazine rings is 1. The molecule has 4 aromatic rings. The van der Waals surface area contributed by atoms with Crippen molar-refractivity contribution in [1.29, 1.82) is 0 Å². The number of fused-ring (bicyclic) bond motifs is 2. The van der Waals surface area contributed by atoms with Gasteiger partial charge in [0, 0.05) is 81.3 Å². The first-order chi connectivity index (χ1) is 14.6. The van der Waals surface area contributed by atoms with Crippen LogP contribution in [0, 0.1) is 0 Å². The largest absolute Gasteiger partial charge is 0.346 e. The lowest BCUT2D eigenvalue weighted by atomic mass is 10.1. The van der Waals surface area contributed by atoms with E-state index in [9.17, 15) is 9.59 Å². The highest BCUT2D eigenvalue weighted by Gasteiger charge is 2.19. The second-order valence-electron chi connectivity index (χ2n) is 7.66. The Balaban J connectivity index is 1.38. The number of aromatic nitrogens is 5. The van der Waals surface area contributed by atoms with E-state index in [1.165, 1.54) is 0 Å². The monoisotopic (exact) mass is 405 g/mol. The molecule has 9 nitrogen and oxygen atoms in total. The molecule has 1 amide bonds. The molecule has 1 fully saturated rings. The van der Waals surface area contributed by atoms with Crippen LogP contribution in [0.1, 0.15) is 6.92 Å². The van der Waals surface area contributed by atoms with Gasteiger partial charge in [0.15, 0.2) is 5.65 Å². The van der Waals surface area contributed by atoms with Gasteiger partial charge in [-0.1, -0.05) is 0 Å². The summed E-state index contributed by atoms with van der Waals surface area (Å²) in [6, 6.07) is 6.03.